The van der Waals surface area contributed by atoms with Crippen LogP contribution in [0.25, 0.3) is 0 Å². The second-order valence-corrected chi connectivity index (χ2v) is 6.62. The van der Waals surface area contributed by atoms with Crippen molar-refractivity contribution in [1.29, 1.82) is 0 Å². The first-order chi connectivity index (χ1) is 13.9. The number of anilines is 1. The van der Waals surface area contributed by atoms with Gasteiger partial charge in [0.05, 0.1) is 18.7 Å². The van der Waals surface area contributed by atoms with Gasteiger partial charge in [0.25, 0.3) is 5.91 Å². The van der Waals surface area contributed by atoms with Crippen LogP contribution >= 0.6 is 0 Å². The van der Waals surface area contributed by atoms with E-state index in [9.17, 15) is 14.4 Å². The van der Waals surface area contributed by atoms with Crippen molar-refractivity contribution in [2.75, 3.05) is 32.1 Å². The van der Waals surface area contributed by atoms with Crippen LogP contribution in [0.5, 0.6) is 11.5 Å². The lowest BCUT2D eigenvalue weighted by atomic mass is 10.2. The fourth-order valence-electron chi connectivity index (χ4n) is 2.44. The quantitative estimate of drug-likeness (QED) is 0.622. The molecule has 0 spiro atoms. The van der Waals surface area contributed by atoms with Gasteiger partial charge in [0, 0.05) is 18.8 Å². The van der Waals surface area contributed by atoms with E-state index >= 15 is 0 Å². The number of rotatable bonds is 10. The van der Waals surface area contributed by atoms with Gasteiger partial charge in [-0.15, -0.1) is 0 Å². The van der Waals surface area contributed by atoms with Gasteiger partial charge in [0.2, 0.25) is 5.91 Å². The summed E-state index contributed by atoms with van der Waals surface area (Å²) in [4.78, 5) is 36.9. The molecule has 7 heteroatoms. The van der Waals surface area contributed by atoms with Gasteiger partial charge in [0.15, 0.2) is 12.9 Å². The second kappa shape index (κ2) is 10.8. The van der Waals surface area contributed by atoms with Crippen LogP contribution in [0, 0.1) is 6.92 Å². The first-order valence-corrected chi connectivity index (χ1v) is 9.38. The number of nitrogens with one attached hydrogen (secondary N) is 1. The molecule has 0 radical (unpaired) electrons. The first kappa shape index (κ1) is 21.9. The van der Waals surface area contributed by atoms with Crippen LogP contribution in [0.15, 0.2) is 42.5 Å². The minimum Gasteiger partial charge on any atom is -0.493 e. The fourth-order valence-corrected chi connectivity index (χ4v) is 2.44. The lowest BCUT2D eigenvalue weighted by Crippen LogP contribution is -2.37. The highest BCUT2D eigenvalue weighted by molar-refractivity contribution is 5.94. The van der Waals surface area contributed by atoms with Gasteiger partial charge in [-0.2, -0.15) is 0 Å². The molecular weight excluding hydrogens is 372 g/mol. The SMILES string of the molecule is CCCOc1ccc(C=O)c(OCC(=O)N(C)CC(=O)Nc2ccc(C)cc2)c1. The van der Waals surface area contributed by atoms with Crippen molar-refractivity contribution < 1.29 is 23.9 Å². The summed E-state index contributed by atoms with van der Waals surface area (Å²) < 4.78 is 11.0. The third-order valence-corrected chi connectivity index (χ3v) is 4.08. The van der Waals surface area contributed by atoms with Crippen LogP contribution in [0.2, 0.25) is 0 Å². The molecule has 2 rings (SSSR count). The van der Waals surface area contributed by atoms with Crippen molar-refractivity contribution in [3.05, 3.63) is 53.6 Å². The smallest absolute Gasteiger partial charge is 0.260 e. The topological polar surface area (TPSA) is 84.9 Å². The lowest BCUT2D eigenvalue weighted by molar-refractivity contribution is -0.135. The Morgan fingerprint density at radius 3 is 2.48 bits per heavy atom. The van der Waals surface area contributed by atoms with E-state index in [-0.39, 0.29) is 30.7 Å². The highest BCUT2D eigenvalue weighted by atomic mass is 16.5. The van der Waals surface area contributed by atoms with Crippen molar-refractivity contribution in [2.45, 2.75) is 20.3 Å². The summed E-state index contributed by atoms with van der Waals surface area (Å²) in [7, 11) is 1.52. The minimum absolute atomic E-state index is 0.115. The molecule has 2 aromatic rings. The maximum Gasteiger partial charge on any atom is 0.260 e. The zero-order chi connectivity index (χ0) is 21.2. The third-order valence-electron chi connectivity index (χ3n) is 4.08. The molecule has 0 saturated heterocycles. The minimum atomic E-state index is -0.388. The van der Waals surface area contributed by atoms with Gasteiger partial charge in [-0.05, 0) is 37.6 Å². The molecule has 7 nitrogen and oxygen atoms in total. The maximum absolute atomic E-state index is 12.3. The summed E-state index contributed by atoms with van der Waals surface area (Å²) in [5.74, 6) is 0.124. The predicted octanol–water partition coefficient (Wildman–Crippen LogP) is 3.07. The number of likely N-dealkylation sites (N-methyl/N-ethyl adjacent to an activating group) is 1. The Morgan fingerprint density at radius 2 is 1.83 bits per heavy atom. The van der Waals surface area contributed by atoms with E-state index in [4.69, 9.17) is 9.47 Å². The van der Waals surface area contributed by atoms with Crippen molar-refractivity contribution >= 4 is 23.8 Å². The number of hydrogen-bond acceptors (Lipinski definition) is 5. The molecule has 29 heavy (non-hydrogen) atoms. The fraction of sp³-hybridized carbons (Fsp3) is 0.318. The Kier molecular flexibility index (Phi) is 8.21. The summed E-state index contributed by atoms with van der Waals surface area (Å²) in [5.41, 5.74) is 2.07. The summed E-state index contributed by atoms with van der Waals surface area (Å²) in [5, 5.41) is 2.74. The maximum atomic E-state index is 12.3. The summed E-state index contributed by atoms with van der Waals surface area (Å²) >= 11 is 0. The Bertz CT molecular complexity index is 849. The van der Waals surface area contributed by atoms with Crippen molar-refractivity contribution in [2.24, 2.45) is 0 Å². The number of carbonyl (C=O) groups excluding carboxylic acids is 3. The molecule has 0 fully saturated rings. The zero-order valence-corrected chi connectivity index (χ0v) is 16.9. The number of aldehydes is 1. The number of benzene rings is 2. The van der Waals surface area contributed by atoms with E-state index in [1.165, 1.54) is 11.9 Å². The van der Waals surface area contributed by atoms with Crippen LogP contribution in [0.4, 0.5) is 5.69 Å². The molecule has 0 unspecified atom stereocenters. The Labute approximate surface area is 170 Å². The van der Waals surface area contributed by atoms with Gasteiger partial charge in [-0.3, -0.25) is 14.4 Å². The average Bonchev–Trinajstić information content (AvgIpc) is 2.72. The highest BCUT2D eigenvalue weighted by Gasteiger charge is 2.15. The average molecular weight is 398 g/mol. The Hall–Kier alpha value is -3.35. The largest absolute Gasteiger partial charge is 0.493 e. The number of amides is 2. The molecule has 0 heterocycles. The van der Waals surface area contributed by atoms with E-state index in [0.29, 0.717) is 29.9 Å². The standard InChI is InChI=1S/C22H26N2O5/c1-4-11-28-19-10-7-17(14-25)20(12-19)29-15-22(27)24(3)13-21(26)23-18-8-5-16(2)6-9-18/h5-10,12,14H,4,11,13,15H2,1-3H3,(H,23,26). The predicted molar refractivity (Wildman–Crippen MR) is 111 cm³/mol. The van der Waals surface area contributed by atoms with E-state index in [0.717, 1.165) is 12.0 Å². The highest BCUT2D eigenvalue weighted by Crippen LogP contribution is 2.24. The van der Waals surface area contributed by atoms with E-state index in [1.54, 1.807) is 30.3 Å². The third kappa shape index (κ3) is 6.95. The van der Waals surface area contributed by atoms with Crippen LogP contribution in [-0.4, -0.2) is 49.8 Å². The monoisotopic (exact) mass is 398 g/mol. The molecule has 0 aliphatic rings. The summed E-state index contributed by atoms with van der Waals surface area (Å²) in [6.07, 6.45) is 1.50. The number of hydrogen-bond donors (Lipinski definition) is 1. The first-order valence-electron chi connectivity index (χ1n) is 9.38. The second-order valence-electron chi connectivity index (χ2n) is 6.62. The van der Waals surface area contributed by atoms with Crippen LogP contribution in [0.3, 0.4) is 0 Å². The molecule has 0 bridgehead atoms. The summed E-state index contributed by atoms with van der Waals surface area (Å²) in [6.45, 7) is 4.07. The van der Waals surface area contributed by atoms with Gasteiger partial charge < -0.3 is 19.7 Å². The van der Waals surface area contributed by atoms with Crippen LogP contribution < -0.4 is 14.8 Å². The van der Waals surface area contributed by atoms with Crippen LogP contribution in [-0.2, 0) is 9.59 Å². The number of carbonyl (C=O) groups is 3. The Balaban J connectivity index is 1.89. The molecule has 0 atom stereocenters. The molecule has 0 aromatic heterocycles. The van der Waals surface area contributed by atoms with E-state index in [2.05, 4.69) is 5.32 Å². The molecule has 1 N–H and O–H groups in total. The molecule has 2 amide bonds. The van der Waals surface area contributed by atoms with E-state index in [1.807, 2.05) is 26.0 Å². The molecular formula is C22H26N2O5. The van der Waals surface area contributed by atoms with Crippen molar-refractivity contribution in [1.82, 2.24) is 4.90 Å². The van der Waals surface area contributed by atoms with Crippen LogP contribution in [0.1, 0.15) is 29.3 Å². The number of aryl methyl sites for hydroxylation is 1. The molecule has 0 saturated carbocycles. The van der Waals surface area contributed by atoms with E-state index < -0.39 is 0 Å². The van der Waals surface area contributed by atoms with Gasteiger partial charge >= 0.3 is 0 Å². The summed E-state index contributed by atoms with van der Waals surface area (Å²) in [6, 6.07) is 12.2. The van der Waals surface area contributed by atoms with Gasteiger partial charge in [-0.1, -0.05) is 24.6 Å². The normalized spacial score (nSPS) is 10.2. The van der Waals surface area contributed by atoms with Gasteiger partial charge in [0.1, 0.15) is 11.5 Å². The molecule has 154 valence electrons. The van der Waals surface area contributed by atoms with Crippen molar-refractivity contribution in [3.8, 4) is 11.5 Å². The lowest BCUT2D eigenvalue weighted by Gasteiger charge is -2.18. The molecule has 0 aliphatic carbocycles. The van der Waals surface area contributed by atoms with Gasteiger partial charge in [-0.25, -0.2) is 0 Å². The Morgan fingerprint density at radius 1 is 1.10 bits per heavy atom. The molecule has 2 aromatic carbocycles. The molecule has 0 aliphatic heterocycles. The number of nitrogens with zero attached hydrogens (tertiary/aromatic N) is 1. The zero-order valence-electron chi connectivity index (χ0n) is 16.9. The number of ether oxygens (including phenoxy) is 2. The van der Waals surface area contributed by atoms with Crippen molar-refractivity contribution in [3.63, 3.8) is 0 Å².